The Kier molecular flexibility index (Phi) is 6.10. The van der Waals surface area contributed by atoms with Crippen LogP contribution < -0.4 is 14.4 Å². The Morgan fingerprint density at radius 1 is 0.966 bits per heavy atom. The van der Waals surface area contributed by atoms with E-state index in [4.69, 9.17) is 4.74 Å². The molecule has 1 N–H and O–H groups in total. The van der Waals surface area contributed by atoms with Gasteiger partial charge in [0.15, 0.2) is 0 Å². The highest BCUT2D eigenvalue weighted by Crippen LogP contribution is 2.33. The summed E-state index contributed by atoms with van der Waals surface area (Å²) in [6.07, 6.45) is 0. The van der Waals surface area contributed by atoms with Crippen molar-refractivity contribution < 1.29 is 13.2 Å². The smallest absolute Gasteiger partial charge is 0.261 e. The van der Waals surface area contributed by atoms with Gasteiger partial charge in [-0.2, -0.15) is 0 Å². The number of hydrogen-bond acceptors (Lipinski definition) is 5. The number of likely N-dealkylation sites (N-methyl/N-ethyl adjacent to an activating group) is 1. The van der Waals surface area contributed by atoms with Crippen LogP contribution in [0, 0.1) is 0 Å². The maximum atomic E-state index is 12.9. The van der Waals surface area contributed by atoms with E-state index < -0.39 is 10.0 Å². The number of hydrogen-bond donors (Lipinski definition) is 1. The van der Waals surface area contributed by atoms with Gasteiger partial charge in [-0.3, -0.25) is 4.72 Å². The lowest BCUT2D eigenvalue weighted by atomic mass is 9.87. The van der Waals surface area contributed by atoms with Crippen LogP contribution in [0.4, 0.5) is 11.4 Å². The molecule has 1 heterocycles. The van der Waals surface area contributed by atoms with Gasteiger partial charge in [0.05, 0.1) is 23.4 Å². The summed E-state index contributed by atoms with van der Waals surface area (Å²) in [4.78, 5) is 4.76. The first-order valence-corrected chi connectivity index (χ1v) is 11.3. The van der Waals surface area contributed by atoms with Crippen molar-refractivity contribution in [1.82, 2.24) is 4.90 Å². The van der Waals surface area contributed by atoms with Crippen molar-refractivity contribution in [2.75, 3.05) is 50.0 Å². The normalized spacial score (nSPS) is 16.0. The number of rotatable bonds is 5. The van der Waals surface area contributed by atoms with Crippen molar-refractivity contribution >= 4 is 21.4 Å². The monoisotopic (exact) mass is 417 g/mol. The third-order valence-electron chi connectivity index (χ3n) is 5.31. The highest BCUT2D eigenvalue weighted by Gasteiger charge is 2.21. The average molecular weight is 418 g/mol. The fourth-order valence-electron chi connectivity index (χ4n) is 3.40. The fraction of sp³-hybridized carbons (Fsp3) is 0.455. The van der Waals surface area contributed by atoms with Crippen LogP contribution in [0.2, 0.25) is 0 Å². The lowest BCUT2D eigenvalue weighted by Gasteiger charge is -2.35. The van der Waals surface area contributed by atoms with Gasteiger partial charge < -0.3 is 14.5 Å². The van der Waals surface area contributed by atoms with Gasteiger partial charge in [-0.1, -0.05) is 32.9 Å². The van der Waals surface area contributed by atoms with Gasteiger partial charge in [0.1, 0.15) is 5.75 Å². The Labute approximate surface area is 174 Å². The van der Waals surface area contributed by atoms with E-state index >= 15 is 0 Å². The maximum absolute atomic E-state index is 12.9. The Morgan fingerprint density at radius 2 is 1.59 bits per heavy atom. The number of nitrogens with zero attached hydrogens (tertiary/aromatic N) is 2. The molecule has 0 spiro atoms. The number of methoxy groups -OCH3 is 1. The van der Waals surface area contributed by atoms with Gasteiger partial charge in [0.2, 0.25) is 0 Å². The third-order valence-corrected chi connectivity index (χ3v) is 6.70. The Hall–Kier alpha value is -2.25. The van der Waals surface area contributed by atoms with Crippen LogP contribution in [-0.4, -0.2) is 53.7 Å². The molecule has 1 aliphatic heterocycles. The van der Waals surface area contributed by atoms with Crippen LogP contribution in [0.25, 0.3) is 0 Å². The van der Waals surface area contributed by atoms with E-state index in [1.807, 2.05) is 24.3 Å². The quantitative estimate of drug-likeness (QED) is 0.806. The molecular formula is C22H31N3O3S. The van der Waals surface area contributed by atoms with E-state index in [-0.39, 0.29) is 10.3 Å². The molecule has 0 amide bonds. The zero-order chi connectivity index (χ0) is 21.2. The minimum absolute atomic E-state index is 0.0247. The third kappa shape index (κ3) is 5.03. The molecule has 0 aromatic heterocycles. The number of piperazine rings is 1. The summed E-state index contributed by atoms with van der Waals surface area (Å²) in [6, 6.07) is 12.5. The molecule has 0 radical (unpaired) electrons. The van der Waals surface area contributed by atoms with Crippen LogP contribution in [0.1, 0.15) is 26.3 Å². The minimum Gasteiger partial charge on any atom is -0.495 e. The Balaban J connectivity index is 1.84. The number of benzene rings is 2. The SMILES string of the molecule is COc1ccc(NS(=O)(=O)c2ccc(C(C)(C)C)cc2)cc1N1CCN(C)CC1. The van der Waals surface area contributed by atoms with Crippen LogP contribution in [0.5, 0.6) is 5.75 Å². The second kappa shape index (κ2) is 8.24. The standard InChI is InChI=1S/C22H31N3O3S/c1-22(2,3)17-6-9-19(10-7-17)29(26,27)23-18-8-11-21(28-5)20(16-18)25-14-12-24(4)13-15-25/h6-11,16,23H,12-15H2,1-5H3. The number of nitrogens with one attached hydrogen (secondary N) is 1. The van der Waals surface area contributed by atoms with Crippen molar-refractivity contribution in [3.63, 3.8) is 0 Å². The maximum Gasteiger partial charge on any atom is 0.261 e. The van der Waals surface area contributed by atoms with Crippen molar-refractivity contribution in [3.8, 4) is 5.75 Å². The lowest BCUT2D eigenvalue weighted by molar-refractivity contribution is 0.311. The summed E-state index contributed by atoms with van der Waals surface area (Å²) < 4.78 is 34.0. The van der Waals surface area contributed by atoms with Crippen LogP contribution in [-0.2, 0) is 15.4 Å². The summed E-state index contributed by atoms with van der Waals surface area (Å²) in [5.41, 5.74) is 2.50. The Morgan fingerprint density at radius 3 is 2.14 bits per heavy atom. The summed E-state index contributed by atoms with van der Waals surface area (Å²) >= 11 is 0. The molecule has 1 fully saturated rings. The van der Waals surface area contributed by atoms with Crippen molar-refractivity contribution in [2.45, 2.75) is 31.1 Å². The first-order chi connectivity index (χ1) is 13.6. The van der Waals surface area contributed by atoms with E-state index in [0.717, 1.165) is 43.2 Å². The molecule has 0 saturated carbocycles. The Bertz CT molecular complexity index is 942. The van der Waals surface area contributed by atoms with Crippen LogP contribution in [0.15, 0.2) is 47.4 Å². The molecule has 0 bridgehead atoms. The molecule has 1 saturated heterocycles. The van der Waals surface area contributed by atoms with Gasteiger partial charge in [-0.05, 0) is 48.4 Å². The van der Waals surface area contributed by atoms with Crippen molar-refractivity contribution in [3.05, 3.63) is 48.0 Å². The summed E-state index contributed by atoms with van der Waals surface area (Å²) in [5, 5.41) is 0. The molecule has 2 aromatic rings. The van der Waals surface area contributed by atoms with Crippen LogP contribution in [0.3, 0.4) is 0 Å². The van der Waals surface area contributed by atoms with E-state index in [1.165, 1.54) is 0 Å². The van der Waals surface area contributed by atoms with E-state index in [2.05, 4.69) is 42.3 Å². The largest absolute Gasteiger partial charge is 0.495 e. The number of ether oxygens (including phenoxy) is 1. The molecule has 3 rings (SSSR count). The minimum atomic E-state index is -3.67. The van der Waals surface area contributed by atoms with Gasteiger partial charge in [-0.15, -0.1) is 0 Å². The molecule has 2 aromatic carbocycles. The van der Waals surface area contributed by atoms with Crippen LogP contribution >= 0.6 is 0 Å². The summed E-state index contributed by atoms with van der Waals surface area (Å²) in [6.45, 7) is 9.97. The predicted octanol–water partition coefficient (Wildman–Crippen LogP) is 3.55. The molecule has 7 heteroatoms. The first kappa shape index (κ1) is 21.5. The molecule has 0 aliphatic carbocycles. The second-order valence-electron chi connectivity index (χ2n) is 8.56. The fourth-order valence-corrected chi connectivity index (χ4v) is 4.45. The predicted molar refractivity (Wildman–Crippen MR) is 119 cm³/mol. The van der Waals surface area contributed by atoms with E-state index in [9.17, 15) is 8.42 Å². The zero-order valence-electron chi connectivity index (χ0n) is 17.9. The average Bonchev–Trinajstić information content (AvgIpc) is 2.68. The molecule has 6 nitrogen and oxygen atoms in total. The second-order valence-corrected chi connectivity index (χ2v) is 10.2. The highest BCUT2D eigenvalue weighted by atomic mass is 32.2. The molecule has 0 unspecified atom stereocenters. The molecule has 1 aliphatic rings. The summed E-state index contributed by atoms with van der Waals surface area (Å²) in [5.74, 6) is 0.743. The van der Waals surface area contributed by atoms with Gasteiger partial charge >= 0.3 is 0 Å². The molecule has 29 heavy (non-hydrogen) atoms. The van der Waals surface area contributed by atoms with Gasteiger partial charge in [-0.25, -0.2) is 8.42 Å². The first-order valence-electron chi connectivity index (χ1n) is 9.85. The molecule has 0 atom stereocenters. The van der Waals surface area contributed by atoms with Crippen molar-refractivity contribution in [2.24, 2.45) is 0 Å². The molecule has 158 valence electrons. The zero-order valence-corrected chi connectivity index (χ0v) is 18.7. The van der Waals surface area contributed by atoms with E-state index in [0.29, 0.717) is 5.69 Å². The summed E-state index contributed by atoms with van der Waals surface area (Å²) in [7, 11) is 0.0667. The highest BCUT2D eigenvalue weighted by molar-refractivity contribution is 7.92. The topological polar surface area (TPSA) is 61.9 Å². The van der Waals surface area contributed by atoms with E-state index in [1.54, 1.807) is 25.3 Å². The number of sulfonamides is 1. The number of anilines is 2. The lowest BCUT2D eigenvalue weighted by Crippen LogP contribution is -2.44. The van der Waals surface area contributed by atoms with Crippen molar-refractivity contribution in [1.29, 1.82) is 0 Å². The molecular weight excluding hydrogens is 386 g/mol. The van der Waals surface area contributed by atoms with Gasteiger partial charge in [0.25, 0.3) is 10.0 Å². The van der Waals surface area contributed by atoms with Gasteiger partial charge in [0, 0.05) is 26.2 Å².